The minimum atomic E-state index is -3.24. The first kappa shape index (κ1) is 17.6. The van der Waals surface area contributed by atoms with Crippen LogP contribution in [0.4, 0.5) is 17.6 Å². The molecule has 1 amide bonds. The van der Waals surface area contributed by atoms with Crippen LogP contribution in [-0.4, -0.2) is 30.7 Å². The molecule has 1 aromatic carbocycles. The molecule has 24 heavy (non-hydrogen) atoms. The average molecular weight is 346 g/mol. The Morgan fingerprint density at radius 1 is 1.21 bits per heavy atom. The lowest BCUT2D eigenvalue weighted by atomic mass is 10.1. The zero-order valence-corrected chi connectivity index (χ0v) is 12.8. The second kappa shape index (κ2) is 7.24. The molecule has 0 aliphatic carbocycles. The Labute approximate surface area is 134 Å². The van der Waals surface area contributed by atoms with E-state index in [0.717, 1.165) is 24.3 Å². The summed E-state index contributed by atoms with van der Waals surface area (Å²) in [5.41, 5.74) is -0.466. The monoisotopic (exact) mass is 346 g/mol. The van der Waals surface area contributed by atoms with Crippen molar-refractivity contribution in [1.82, 2.24) is 9.88 Å². The number of ether oxygens (including phenoxy) is 2. The topological polar surface area (TPSA) is 52.5 Å². The Hall–Kier alpha value is -2.71. The molecule has 0 spiro atoms. The van der Waals surface area contributed by atoms with Crippen LogP contribution in [0, 0.1) is 11.9 Å². The van der Waals surface area contributed by atoms with Crippen molar-refractivity contribution in [3.63, 3.8) is 0 Å². The summed E-state index contributed by atoms with van der Waals surface area (Å²) in [6.45, 7) is -1.37. The first-order valence-electron chi connectivity index (χ1n) is 6.87. The third kappa shape index (κ3) is 3.44. The molecule has 0 bridgehead atoms. The molecule has 1 heterocycles. The van der Waals surface area contributed by atoms with Gasteiger partial charge in [-0.3, -0.25) is 9.36 Å². The molecule has 0 atom stereocenters. The molecular formula is C15H14F4N2O3. The zero-order valence-electron chi connectivity index (χ0n) is 12.8. The molecule has 0 unspecified atom stereocenters. The number of carbonyl (C=O) groups excluding carboxylic acids is 1. The van der Waals surface area contributed by atoms with Crippen LogP contribution < -0.4 is 14.8 Å². The van der Waals surface area contributed by atoms with Crippen LogP contribution in [0.15, 0.2) is 24.3 Å². The van der Waals surface area contributed by atoms with Gasteiger partial charge in [0, 0.05) is 18.7 Å². The number of nitrogens with zero attached hydrogens (tertiary/aromatic N) is 1. The van der Waals surface area contributed by atoms with E-state index in [-0.39, 0.29) is 23.5 Å². The summed E-state index contributed by atoms with van der Waals surface area (Å²) in [4.78, 5) is 12.1. The third-order valence-electron chi connectivity index (χ3n) is 3.09. The second-order valence-electron chi connectivity index (χ2n) is 4.57. The largest absolute Gasteiger partial charge is 0.496 e. The number of hydrogen-bond donors (Lipinski definition) is 1. The van der Waals surface area contributed by atoms with E-state index >= 15 is 0 Å². The fourth-order valence-electron chi connectivity index (χ4n) is 2.16. The lowest BCUT2D eigenvalue weighted by Gasteiger charge is -2.17. The van der Waals surface area contributed by atoms with Crippen LogP contribution in [-0.2, 0) is 0 Å². The van der Waals surface area contributed by atoms with Crippen molar-refractivity contribution < 1.29 is 31.8 Å². The minimum absolute atomic E-state index is 0.165. The van der Waals surface area contributed by atoms with Crippen LogP contribution in [0.5, 0.6) is 11.5 Å². The average Bonchev–Trinajstić information content (AvgIpc) is 2.85. The number of nitrogens with one attached hydrogen (secondary N) is 1. The van der Waals surface area contributed by atoms with Gasteiger partial charge in [0.25, 0.3) is 5.91 Å². The maximum absolute atomic E-state index is 13.7. The molecule has 130 valence electrons. The van der Waals surface area contributed by atoms with Crippen molar-refractivity contribution >= 4 is 5.91 Å². The normalized spacial score (nSPS) is 10.8. The molecule has 1 aromatic heterocycles. The summed E-state index contributed by atoms with van der Waals surface area (Å²) >= 11 is 0. The highest BCUT2D eigenvalue weighted by Crippen LogP contribution is 2.34. The van der Waals surface area contributed by atoms with E-state index < -0.39 is 30.2 Å². The molecule has 0 fully saturated rings. The Kier molecular flexibility index (Phi) is 5.32. The quantitative estimate of drug-likeness (QED) is 0.818. The van der Waals surface area contributed by atoms with Gasteiger partial charge >= 0.3 is 6.61 Å². The number of benzene rings is 1. The van der Waals surface area contributed by atoms with E-state index in [1.165, 1.54) is 7.11 Å². The van der Waals surface area contributed by atoms with E-state index in [1.54, 1.807) is 6.92 Å². The van der Waals surface area contributed by atoms with Gasteiger partial charge in [-0.2, -0.15) is 17.6 Å². The van der Waals surface area contributed by atoms with Crippen molar-refractivity contribution in [2.45, 2.75) is 13.5 Å². The molecule has 0 aliphatic heterocycles. The highest BCUT2D eigenvalue weighted by Gasteiger charge is 2.24. The molecule has 2 rings (SSSR count). The van der Waals surface area contributed by atoms with Gasteiger partial charge in [-0.25, -0.2) is 0 Å². The minimum Gasteiger partial charge on any atom is -0.496 e. The number of aromatic nitrogens is 1. The third-order valence-corrected chi connectivity index (χ3v) is 3.09. The summed E-state index contributed by atoms with van der Waals surface area (Å²) in [5.74, 6) is -3.35. The van der Waals surface area contributed by atoms with E-state index in [4.69, 9.17) is 4.74 Å². The van der Waals surface area contributed by atoms with Crippen molar-refractivity contribution in [1.29, 1.82) is 0 Å². The summed E-state index contributed by atoms with van der Waals surface area (Å²) in [6, 6.07) is 3.82. The first-order valence-corrected chi connectivity index (χ1v) is 6.87. The molecule has 0 saturated heterocycles. The summed E-state index contributed by atoms with van der Waals surface area (Å²) in [5, 5.41) is 2.43. The fraction of sp³-hybridized carbons (Fsp3) is 0.267. The number of alkyl halides is 2. The van der Waals surface area contributed by atoms with Crippen molar-refractivity contribution in [3.05, 3.63) is 41.7 Å². The summed E-state index contributed by atoms with van der Waals surface area (Å²) in [6.07, 6.45) is 0. The predicted molar refractivity (Wildman–Crippen MR) is 76.9 cm³/mol. The Balaban J connectivity index is 2.67. The zero-order chi connectivity index (χ0) is 17.9. The lowest BCUT2D eigenvalue weighted by molar-refractivity contribution is -0.0502. The van der Waals surface area contributed by atoms with Gasteiger partial charge in [0.1, 0.15) is 17.1 Å². The number of hydrogen-bond acceptors (Lipinski definition) is 3. The number of amides is 1. The standard InChI is InChI=1S/C15H14F4N2O3/c1-3-20-14(22)13-9(23-2)6-8(7-10(13)24-15(18)19)21-11(16)4-5-12(21)17/h4-7,15H,3H2,1-2H3,(H,20,22). The Bertz CT molecular complexity index is 727. The van der Waals surface area contributed by atoms with Gasteiger partial charge in [0.05, 0.1) is 12.8 Å². The summed E-state index contributed by atoms with van der Waals surface area (Å²) < 4.78 is 62.7. The number of methoxy groups -OCH3 is 1. The molecular weight excluding hydrogens is 332 g/mol. The van der Waals surface area contributed by atoms with Gasteiger partial charge in [0.2, 0.25) is 11.9 Å². The van der Waals surface area contributed by atoms with Gasteiger partial charge in [-0.05, 0) is 19.1 Å². The Morgan fingerprint density at radius 3 is 2.29 bits per heavy atom. The number of carbonyl (C=O) groups is 1. The van der Waals surface area contributed by atoms with E-state index in [1.807, 2.05) is 0 Å². The van der Waals surface area contributed by atoms with Crippen LogP contribution in [0.1, 0.15) is 17.3 Å². The molecule has 0 saturated carbocycles. The van der Waals surface area contributed by atoms with Crippen molar-refractivity contribution in [3.8, 4) is 17.2 Å². The van der Waals surface area contributed by atoms with Crippen LogP contribution in [0.25, 0.3) is 5.69 Å². The van der Waals surface area contributed by atoms with E-state index in [0.29, 0.717) is 4.57 Å². The van der Waals surface area contributed by atoms with Crippen LogP contribution in [0.3, 0.4) is 0 Å². The van der Waals surface area contributed by atoms with Gasteiger partial charge in [0.15, 0.2) is 0 Å². The number of halogens is 4. The van der Waals surface area contributed by atoms with Gasteiger partial charge in [-0.15, -0.1) is 0 Å². The molecule has 5 nitrogen and oxygen atoms in total. The molecule has 9 heteroatoms. The highest BCUT2D eigenvalue weighted by atomic mass is 19.3. The van der Waals surface area contributed by atoms with Crippen molar-refractivity contribution in [2.75, 3.05) is 13.7 Å². The first-order chi connectivity index (χ1) is 11.4. The Morgan fingerprint density at radius 2 is 1.79 bits per heavy atom. The molecule has 0 aliphatic rings. The SMILES string of the molecule is CCNC(=O)c1c(OC)cc(-n2c(F)ccc2F)cc1OC(F)F. The molecule has 0 radical (unpaired) electrons. The highest BCUT2D eigenvalue weighted by molar-refractivity contribution is 6.00. The maximum Gasteiger partial charge on any atom is 0.387 e. The summed E-state index contributed by atoms with van der Waals surface area (Å²) in [7, 11) is 1.19. The van der Waals surface area contributed by atoms with Gasteiger partial charge < -0.3 is 14.8 Å². The van der Waals surface area contributed by atoms with Crippen molar-refractivity contribution in [2.24, 2.45) is 0 Å². The molecule has 2 aromatic rings. The van der Waals surface area contributed by atoms with Crippen LogP contribution >= 0.6 is 0 Å². The smallest absolute Gasteiger partial charge is 0.387 e. The lowest BCUT2D eigenvalue weighted by Crippen LogP contribution is -2.24. The van der Waals surface area contributed by atoms with E-state index in [2.05, 4.69) is 10.1 Å². The van der Waals surface area contributed by atoms with E-state index in [9.17, 15) is 22.4 Å². The fourth-order valence-corrected chi connectivity index (χ4v) is 2.16. The maximum atomic E-state index is 13.7. The number of rotatable bonds is 6. The van der Waals surface area contributed by atoms with Crippen LogP contribution in [0.2, 0.25) is 0 Å². The second-order valence-corrected chi connectivity index (χ2v) is 4.57. The molecule has 1 N–H and O–H groups in total. The van der Waals surface area contributed by atoms with Gasteiger partial charge in [-0.1, -0.05) is 0 Å². The predicted octanol–water partition coefficient (Wildman–Crippen LogP) is 3.12.